The van der Waals surface area contributed by atoms with Gasteiger partial charge in [0.25, 0.3) is 0 Å². The number of carbonyl (C=O) groups is 1. The number of allylic oxidation sites excluding steroid dienone is 2. The van der Waals surface area contributed by atoms with Crippen molar-refractivity contribution in [3.8, 4) is 33.5 Å². The Morgan fingerprint density at radius 1 is 0.745 bits per heavy atom. The van der Waals surface area contributed by atoms with Gasteiger partial charge in [-0.3, -0.25) is 9.78 Å². The molecule has 0 aliphatic heterocycles. The van der Waals surface area contributed by atoms with Crippen LogP contribution in [0.1, 0.15) is 53.4 Å². The molecule has 3 aromatic heterocycles. The number of pyridine rings is 2. The van der Waals surface area contributed by atoms with Crippen LogP contribution in [0.5, 0.6) is 0 Å². The monoisotopic (exact) mass is 852 g/mol. The van der Waals surface area contributed by atoms with E-state index in [4.69, 9.17) is 4.42 Å². The summed E-state index contributed by atoms with van der Waals surface area (Å²) in [5.74, 6) is 0.547. The third-order valence-electron chi connectivity index (χ3n) is 9.64. The zero-order chi connectivity index (χ0) is 35.0. The fraction of sp³-hybridized carbons (Fsp3) is 0.222. The van der Waals surface area contributed by atoms with Gasteiger partial charge < -0.3 is 14.5 Å². The zero-order valence-corrected chi connectivity index (χ0v) is 31.9. The number of aliphatic hydroxyl groups is 1. The van der Waals surface area contributed by atoms with Gasteiger partial charge >= 0.3 is 0 Å². The first-order valence-electron chi connectivity index (χ1n) is 17.6. The molecule has 0 atom stereocenters. The molecular formula is C45H43IrN2O3-. The van der Waals surface area contributed by atoms with Gasteiger partial charge in [0, 0.05) is 72.9 Å². The number of carbonyl (C=O) groups excluding carboxylic acids is 1. The Kier molecular flexibility index (Phi) is 12.7. The Morgan fingerprint density at radius 3 is 2.20 bits per heavy atom. The first kappa shape index (κ1) is 37.4. The van der Waals surface area contributed by atoms with Gasteiger partial charge in [0.1, 0.15) is 5.58 Å². The van der Waals surface area contributed by atoms with Gasteiger partial charge in [-0.05, 0) is 65.6 Å². The molecule has 0 aliphatic rings. The van der Waals surface area contributed by atoms with E-state index < -0.39 is 0 Å². The van der Waals surface area contributed by atoms with Crippen molar-refractivity contribution < 1.29 is 34.4 Å². The number of para-hydroxylation sites is 1. The SMILES string of the molecule is CCC(CC)C(=O)/C=C(\O)C(CC)CC.[Ir].[c-]1ccc2c(oc3c(-c4cccc5ccncc45)cccc32)c1-c1cc(-c2ccccc2)ccn1. The third kappa shape index (κ3) is 8.04. The Morgan fingerprint density at radius 2 is 1.45 bits per heavy atom. The molecule has 0 unspecified atom stereocenters. The summed E-state index contributed by atoms with van der Waals surface area (Å²) in [6.45, 7) is 8.07. The average molecular weight is 852 g/mol. The van der Waals surface area contributed by atoms with E-state index in [9.17, 15) is 9.90 Å². The summed E-state index contributed by atoms with van der Waals surface area (Å²) in [5.41, 5.74) is 7.78. The Hall–Kier alpha value is -4.90. The summed E-state index contributed by atoms with van der Waals surface area (Å²) in [5, 5.41) is 14.2. The van der Waals surface area contributed by atoms with Crippen molar-refractivity contribution in [3.05, 3.63) is 134 Å². The van der Waals surface area contributed by atoms with Crippen LogP contribution < -0.4 is 0 Å². The molecule has 0 saturated carbocycles. The standard InChI is InChI=1S/C32H19N2O.C13H24O2.Ir/c1-2-7-21(8-3-1)23-16-18-34-30(19-23)28-14-6-13-27-26-12-5-11-25(31(26)35-32(27)28)24-10-4-9-22-15-17-33-20-29(22)24;1-5-10(6-2)12(14)9-13(15)11(7-3)8-4;/h1-13,15-20H;9-11,14H,5-8H2,1-4H3;/q-1;;/b;12-9-;. The molecule has 6 heteroatoms. The number of aliphatic hydroxyl groups excluding tert-OH is 1. The maximum Gasteiger partial charge on any atom is 0.162 e. The second-order valence-electron chi connectivity index (χ2n) is 12.6. The molecule has 5 nitrogen and oxygen atoms in total. The van der Waals surface area contributed by atoms with Crippen LogP contribution >= 0.6 is 0 Å². The maximum absolute atomic E-state index is 11.7. The summed E-state index contributed by atoms with van der Waals surface area (Å²) >= 11 is 0. The van der Waals surface area contributed by atoms with Gasteiger partial charge in [-0.25, -0.2) is 0 Å². The first-order chi connectivity index (χ1) is 24.5. The van der Waals surface area contributed by atoms with Crippen LogP contribution in [0.25, 0.3) is 66.2 Å². The van der Waals surface area contributed by atoms with Crippen LogP contribution in [0.2, 0.25) is 0 Å². The molecule has 4 aromatic carbocycles. The molecular weight excluding hydrogens is 809 g/mol. The van der Waals surface area contributed by atoms with E-state index in [0.29, 0.717) is 0 Å². The van der Waals surface area contributed by atoms with Crippen LogP contribution in [0.4, 0.5) is 0 Å². The van der Waals surface area contributed by atoms with Crippen molar-refractivity contribution in [3.63, 3.8) is 0 Å². The van der Waals surface area contributed by atoms with E-state index >= 15 is 0 Å². The smallest absolute Gasteiger partial charge is 0.162 e. The van der Waals surface area contributed by atoms with Gasteiger partial charge in [-0.1, -0.05) is 111 Å². The van der Waals surface area contributed by atoms with E-state index in [-0.39, 0.29) is 43.5 Å². The molecule has 0 bridgehead atoms. The second kappa shape index (κ2) is 17.4. The molecule has 0 saturated heterocycles. The van der Waals surface area contributed by atoms with Gasteiger partial charge in [0.05, 0.1) is 11.3 Å². The van der Waals surface area contributed by atoms with Crippen molar-refractivity contribution in [1.29, 1.82) is 0 Å². The molecule has 1 N–H and O–H groups in total. The second-order valence-corrected chi connectivity index (χ2v) is 12.6. The Labute approximate surface area is 313 Å². The summed E-state index contributed by atoms with van der Waals surface area (Å²) in [4.78, 5) is 20.8. The number of hydrogen-bond donors (Lipinski definition) is 1. The normalized spacial score (nSPS) is 11.5. The summed E-state index contributed by atoms with van der Waals surface area (Å²) in [6.07, 6.45) is 10.5. The summed E-state index contributed by atoms with van der Waals surface area (Å²) in [7, 11) is 0. The molecule has 3 heterocycles. The van der Waals surface area contributed by atoms with E-state index in [2.05, 4.69) is 76.7 Å². The molecule has 261 valence electrons. The van der Waals surface area contributed by atoms with Crippen molar-refractivity contribution in [2.75, 3.05) is 0 Å². The predicted octanol–water partition coefficient (Wildman–Crippen LogP) is 12.2. The molecule has 0 fully saturated rings. The fourth-order valence-corrected chi connectivity index (χ4v) is 6.67. The van der Waals surface area contributed by atoms with Gasteiger partial charge in [0.2, 0.25) is 0 Å². The minimum absolute atomic E-state index is 0. The number of ketones is 1. The Balaban J connectivity index is 0.000000271. The van der Waals surface area contributed by atoms with E-state index in [1.54, 1.807) is 0 Å². The van der Waals surface area contributed by atoms with Crippen LogP contribution in [0, 0.1) is 17.9 Å². The zero-order valence-electron chi connectivity index (χ0n) is 29.5. The molecule has 7 aromatic rings. The van der Waals surface area contributed by atoms with Crippen molar-refractivity contribution >= 4 is 38.5 Å². The number of furan rings is 1. The quantitative estimate of drug-likeness (QED) is 0.0843. The number of aromatic nitrogens is 2. The van der Waals surface area contributed by atoms with Crippen LogP contribution in [0.3, 0.4) is 0 Å². The van der Waals surface area contributed by atoms with E-state index in [1.807, 2.05) is 82.7 Å². The minimum Gasteiger partial charge on any atom is -0.512 e. The average Bonchev–Trinajstić information content (AvgIpc) is 3.56. The van der Waals surface area contributed by atoms with Crippen LogP contribution in [0.15, 0.2) is 132 Å². The van der Waals surface area contributed by atoms with E-state index in [1.165, 1.54) is 6.08 Å². The molecule has 7 rings (SSSR count). The summed E-state index contributed by atoms with van der Waals surface area (Å²) < 4.78 is 6.63. The first-order valence-corrected chi connectivity index (χ1v) is 17.6. The van der Waals surface area contributed by atoms with Gasteiger partial charge in [-0.15, -0.1) is 18.2 Å². The number of fused-ring (bicyclic) bond motifs is 4. The molecule has 51 heavy (non-hydrogen) atoms. The third-order valence-corrected chi connectivity index (χ3v) is 9.64. The molecule has 0 aliphatic carbocycles. The number of hydrogen-bond acceptors (Lipinski definition) is 5. The topological polar surface area (TPSA) is 76.2 Å². The number of benzene rings is 4. The number of nitrogens with zero attached hydrogens (tertiary/aromatic N) is 2. The Bertz CT molecular complexity index is 2260. The van der Waals surface area contributed by atoms with Gasteiger partial charge in [-0.2, -0.15) is 0 Å². The largest absolute Gasteiger partial charge is 0.512 e. The molecule has 0 spiro atoms. The van der Waals surface area contributed by atoms with Crippen molar-refractivity contribution in [1.82, 2.24) is 9.97 Å². The summed E-state index contributed by atoms with van der Waals surface area (Å²) in [6, 6.07) is 36.6. The maximum atomic E-state index is 11.7. The van der Waals surface area contributed by atoms with E-state index in [0.717, 1.165) is 91.9 Å². The fourth-order valence-electron chi connectivity index (χ4n) is 6.67. The van der Waals surface area contributed by atoms with Crippen molar-refractivity contribution in [2.24, 2.45) is 11.8 Å². The molecule has 1 radical (unpaired) electrons. The van der Waals surface area contributed by atoms with Crippen LogP contribution in [-0.4, -0.2) is 20.9 Å². The minimum atomic E-state index is 0. The molecule has 0 amide bonds. The predicted molar refractivity (Wildman–Crippen MR) is 206 cm³/mol. The van der Waals surface area contributed by atoms with Crippen LogP contribution in [-0.2, 0) is 24.9 Å². The van der Waals surface area contributed by atoms with Gasteiger partial charge in [0.15, 0.2) is 5.78 Å². The number of rotatable bonds is 10. The van der Waals surface area contributed by atoms with Crippen molar-refractivity contribution in [2.45, 2.75) is 53.4 Å².